The maximum atomic E-state index is 14.8. The van der Waals surface area contributed by atoms with E-state index in [1.165, 1.54) is 13.2 Å². The Morgan fingerprint density at radius 1 is 0.638 bits per heavy atom. The van der Waals surface area contributed by atoms with Gasteiger partial charge in [-0.3, -0.25) is 89.2 Å². The number of ether oxygens (including phenoxy) is 1. The Morgan fingerprint density at radius 2 is 1.18 bits per heavy atom. The molecule has 0 saturated carbocycles. The summed E-state index contributed by atoms with van der Waals surface area (Å²) in [6, 6.07) is 0.270. The topological polar surface area (TPSA) is 663 Å². The van der Waals surface area contributed by atoms with E-state index in [9.17, 15) is 77.8 Å². The van der Waals surface area contributed by atoms with Gasteiger partial charge in [-0.05, 0) is 99.8 Å². The molecule has 2 aromatic carbocycles. The predicted octanol–water partition coefficient (Wildman–Crippen LogP) is -3.55. The van der Waals surface area contributed by atoms with Crippen molar-refractivity contribution in [3.05, 3.63) is 78.7 Å². The van der Waals surface area contributed by atoms with Gasteiger partial charge in [-0.1, -0.05) is 27.7 Å². The monoisotopic (exact) mass is 1480 g/mol. The number of hydrogen-bond acceptors (Lipinski definition) is 23. The van der Waals surface area contributed by atoms with E-state index in [1.807, 2.05) is 0 Å². The van der Waals surface area contributed by atoms with Gasteiger partial charge in [-0.2, -0.15) is 0 Å². The Hall–Kier alpha value is -11.8. The molecule has 2 heterocycles. The fourth-order valence-corrected chi connectivity index (χ4v) is 11.1. The van der Waals surface area contributed by atoms with Crippen LogP contribution in [0, 0.1) is 48.3 Å². The molecule has 1 fully saturated rings. The number of amides is 10. The number of ketones is 1. The second kappa shape index (κ2) is 41.9. The summed E-state index contributed by atoms with van der Waals surface area (Å²) in [4.78, 5) is 187. The molecule has 1 aliphatic rings. The number of Topliss-reactive ketones (excluding diaryl/α,β-unsaturated/α-hetero) is 1. The number of anilines is 1. The zero-order valence-corrected chi connectivity index (χ0v) is 59.1. The molecular formula is C64H97N23O18. The average Bonchev–Trinajstić information content (AvgIpc) is 1.76. The number of rotatable bonds is 45. The Kier molecular flexibility index (Phi) is 34.2. The number of primary amides is 1. The molecule has 0 radical (unpaired) electrons. The molecule has 41 heteroatoms. The van der Waals surface area contributed by atoms with Gasteiger partial charge in [-0.25, -0.2) is 4.79 Å². The normalized spacial score (nSPS) is 14.4. The van der Waals surface area contributed by atoms with Crippen LogP contribution in [0.15, 0.2) is 51.7 Å². The predicted molar refractivity (Wildman–Crippen MR) is 381 cm³/mol. The van der Waals surface area contributed by atoms with Crippen LogP contribution in [0.25, 0.3) is 11.0 Å². The third-order valence-electron chi connectivity index (χ3n) is 16.4. The van der Waals surface area contributed by atoms with Gasteiger partial charge in [0.2, 0.25) is 53.2 Å². The number of nitro groups is 2. The number of nitrogens with two attached hydrogens (primary N) is 5. The van der Waals surface area contributed by atoms with E-state index in [0.29, 0.717) is 23.6 Å². The molecule has 0 aliphatic carbocycles. The van der Waals surface area contributed by atoms with Crippen molar-refractivity contribution < 1.29 is 71.7 Å². The quantitative estimate of drug-likeness (QED) is 0.00495. The van der Waals surface area contributed by atoms with E-state index in [-0.39, 0.29) is 143 Å². The van der Waals surface area contributed by atoms with Gasteiger partial charge < -0.3 is 107 Å². The molecule has 41 nitrogen and oxygen atoms in total. The Morgan fingerprint density at radius 3 is 1.73 bits per heavy atom. The number of nitro benzene ring substituents is 2. The van der Waals surface area contributed by atoms with E-state index in [1.54, 1.807) is 39.8 Å². The van der Waals surface area contributed by atoms with Crippen molar-refractivity contribution in [3.8, 4) is 5.75 Å². The number of carbonyl (C=O) groups excluding carboxylic acids is 11. The average molecular weight is 1480 g/mol. The van der Waals surface area contributed by atoms with E-state index in [0.717, 1.165) is 23.1 Å². The summed E-state index contributed by atoms with van der Waals surface area (Å²) in [5, 5.41) is 76.9. The van der Waals surface area contributed by atoms with Crippen molar-refractivity contribution in [2.45, 2.75) is 153 Å². The lowest BCUT2D eigenvalue weighted by Gasteiger charge is -2.34. The highest BCUT2D eigenvalue weighted by molar-refractivity contribution is 6.12. The maximum absolute atomic E-state index is 14.8. The molecule has 3 aromatic rings. The summed E-state index contributed by atoms with van der Waals surface area (Å²) < 4.78 is 10.6. The molecule has 105 heavy (non-hydrogen) atoms. The third-order valence-corrected chi connectivity index (χ3v) is 16.4. The highest BCUT2D eigenvalue weighted by atomic mass is 16.6. The van der Waals surface area contributed by atoms with Crippen LogP contribution in [0.5, 0.6) is 5.75 Å². The molecule has 0 bridgehead atoms. The van der Waals surface area contributed by atoms with Crippen LogP contribution in [0.1, 0.15) is 110 Å². The van der Waals surface area contributed by atoms with Gasteiger partial charge in [0.05, 0.1) is 29.6 Å². The Bertz CT molecular complexity index is 3740. The lowest BCUT2D eigenvalue weighted by atomic mass is 9.84. The summed E-state index contributed by atoms with van der Waals surface area (Å²) in [6.07, 6.45) is -0.730. The molecule has 576 valence electrons. The summed E-state index contributed by atoms with van der Waals surface area (Å²) in [5.74, 6) is -10.6. The SMILES string of the molecule is COc1ccc2c(CC(=O)[C@@](N)(CCCNC(=N)N)C(=O)N3CCC[C@H]3C(=O)N[C@@H](CC(C)C)C(=O)NCC(=O)N[C@@H](CC(C)C)C(=O)N[C@@H](CNc3ccc([N+](=O)[O-])cc3[N+](=O)[O-])C(=O)NCCC(=O)N[C@H](CCCNC(=N)N)C(=O)NCCC(=O)N[C@H](CCCNC(=N)N)C(N)=O)cc(=O)oc2c1. The number of hydrogen-bond donors (Lipinski definition) is 20. The lowest BCUT2D eigenvalue weighted by molar-refractivity contribution is -0.393. The van der Waals surface area contributed by atoms with Crippen molar-refractivity contribution in [2.75, 3.05) is 64.8 Å². The van der Waals surface area contributed by atoms with Gasteiger partial charge in [0.1, 0.15) is 53.3 Å². The van der Waals surface area contributed by atoms with Crippen LogP contribution in [0.2, 0.25) is 0 Å². The summed E-state index contributed by atoms with van der Waals surface area (Å²) in [7, 11) is 1.41. The zero-order chi connectivity index (χ0) is 78.3. The number of benzene rings is 2. The van der Waals surface area contributed by atoms with E-state index >= 15 is 0 Å². The van der Waals surface area contributed by atoms with E-state index in [2.05, 4.69) is 63.8 Å². The summed E-state index contributed by atoms with van der Waals surface area (Å²) >= 11 is 0. The molecule has 0 spiro atoms. The minimum atomic E-state index is -2.30. The number of guanidine groups is 3. The second-order valence-electron chi connectivity index (χ2n) is 25.6. The molecule has 25 N–H and O–H groups in total. The van der Waals surface area contributed by atoms with Crippen LogP contribution in [0.3, 0.4) is 0 Å². The van der Waals surface area contributed by atoms with Crippen molar-refractivity contribution in [2.24, 2.45) is 40.5 Å². The first-order chi connectivity index (χ1) is 49.5. The van der Waals surface area contributed by atoms with Crippen LogP contribution < -0.4 is 103 Å². The largest absolute Gasteiger partial charge is 0.497 e. The van der Waals surface area contributed by atoms with Crippen LogP contribution >= 0.6 is 0 Å². The van der Waals surface area contributed by atoms with Gasteiger partial charge in [0.25, 0.3) is 17.3 Å². The summed E-state index contributed by atoms with van der Waals surface area (Å²) in [5.41, 5.74) is 23.9. The molecule has 4 rings (SSSR count). The smallest absolute Gasteiger partial charge is 0.336 e. The first-order valence-corrected chi connectivity index (χ1v) is 33.8. The van der Waals surface area contributed by atoms with Crippen molar-refractivity contribution >= 4 is 111 Å². The van der Waals surface area contributed by atoms with Gasteiger partial charge >= 0.3 is 5.63 Å². The molecule has 0 unspecified atom stereocenters. The molecule has 10 amide bonds. The zero-order valence-electron chi connectivity index (χ0n) is 59.1. The number of fused-ring (bicyclic) bond motifs is 1. The first-order valence-electron chi connectivity index (χ1n) is 33.8. The maximum Gasteiger partial charge on any atom is 0.336 e. The number of carbonyl (C=O) groups is 11. The number of non-ortho nitro benzene ring substituents is 1. The fraction of sp³-hybridized carbons (Fsp3) is 0.547. The molecule has 1 saturated heterocycles. The highest BCUT2D eigenvalue weighted by Crippen LogP contribution is 2.30. The summed E-state index contributed by atoms with van der Waals surface area (Å²) in [6.45, 7) is 5.07. The van der Waals surface area contributed by atoms with Gasteiger partial charge in [0, 0.05) is 88.7 Å². The van der Waals surface area contributed by atoms with Gasteiger partial charge in [0.15, 0.2) is 29.2 Å². The minimum Gasteiger partial charge on any atom is -0.497 e. The molecular weight excluding hydrogens is 1380 g/mol. The minimum absolute atomic E-state index is 0.00709. The van der Waals surface area contributed by atoms with Crippen molar-refractivity contribution in [1.29, 1.82) is 16.2 Å². The number of nitrogens with zero attached hydrogens (tertiary/aromatic N) is 3. The Balaban J connectivity index is 1.49. The standard InChI is InChI=1S/C64H97N23O18/c1-34(2)26-43(83-59(98)46-12-8-25-85(46)60(99)64(72,19-9-22-77-63(70)71)49(88)28-36-29-53(92)105-48-31-38(104-5)14-15-39(36)48)56(95)79-33-52(91)82-44(27-35(3)4)58(97)84-45(32-78-40-16-13-37(86(100)101)30-47(40)87(102)103)57(96)74-24-18-51(90)81-42(11-7-21-76-62(68)69)55(94)73-23-17-50(89)80-41(54(65)93)10-6-20-75-61(66)67/h13-16,29-31,34-35,41-46,78H,6-12,17-28,32-33,72H2,1-5H3,(H2,65,93)(H,73,94)(H,74,96)(H,79,95)(H,80,89)(H,81,90)(H,82,91)(H,83,98)(H,84,97)(H4,66,67,75)(H4,68,69,76)(H4,70,71,77)/t41-,42-,43+,44+,45+,46+,64+/m1/s1. The molecule has 1 aliphatic heterocycles. The van der Waals surface area contributed by atoms with Crippen molar-refractivity contribution in [3.63, 3.8) is 0 Å². The second-order valence-corrected chi connectivity index (χ2v) is 25.6. The van der Waals surface area contributed by atoms with E-state index in [4.69, 9.17) is 54.1 Å². The van der Waals surface area contributed by atoms with Gasteiger partial charge in [-0.15, -0.1) is 0 Å². The first kappa shape index (κ1) is 85.6. The number of nitrogens with one attached hydrogen (secondary N) is 15. The number of likely N-dealkylation sites (tertiary alicyclic amines) is 1. The van der Waals surface area contributed by atoms with Crippen LogP contribution in [0.4, 0.5) is 17.1 Å². The van der Waals surface area contributed by atoms with Crippen molar-refractivity contribution in [1.82, 2.24) is 63.4 Å². The fourth-order valence-electron chi connectivity index (χ4n) is 11.1. The van der Waals surface area contributed by atoms with Crippen LogP contribution in [-0.4, -0.2) is 199 Å². The molecule has 7 atom stereocenters. The van der Waals surface area contributed by atoms with E-state index < -0.39 is 166 Å². The lowest BCUT2D eigenvalue weighted by Crippen LogP contribution is -2.64. The Labute approximate surface area is 602 Å². The van der Waals surface area contributed by atoms with Crippen LogP contribution in [-0.2, 0) is 59.2 Å². The number of methoxy groups -OCH3 is 1. The third kappa shape index (κ3) is 28.5. The molecule has 1 aromatic heterocycles. The highest BCUT2D eigenvalue weighted by Gasteiger charge is 2.48.